The van der Waals surface area contributed by atoms with Crippen LogP contribution in [0.4, 0.5) is 0 Å². The van der Waals surface area contributed by atoms with Crippen molar-refractivity contribution in [2.45, 2.75) is 12.8 Å². The lowest BCUT2D eigenvalue weighted by Crippen LogP contribution is -2.43. The van der Waals surface area contributed by atoms with Gasteiger partial charge in [-0.3, -0.25) is 4.79 Å². The molecule has 0 spiro atoms. The fourth-order valence-corrected chi connectivity index (χ4v) is 2.95. The number of hydrogen-bond donors (Lipinski definition) is 1. The van der Waals surface area contributed by atoms with Gasteiger partial charge in [-0.15, -0.1) is 0 Å². The molecule has 0 radical (unpaired) electrons. The minimum Gasteiger partial charge on any atom is -0.486 e. The number of fused-ring (bicyclic) bond motifs is 1. The molecule has 1 aromatic rings. The summed E-state index contributed by atoms with van der Waals surface area (Å²) in [4.78, 5) is 14.9. The van der Waals surface area contributed by atoms with Gasteiger partial charge in [0.2, 0.25) is 0 Å². The summed E-state index contributed by atoms with van der Waals surface area (Å²) in [6.07, 6.45) is 1.89. The SMILES string of the molecule is NC(=S)C1CCCN(C(=O)c2ccc3c(c2)OCCO3)C1. The highest BCUT2D eigenvalue weighted by molar-refractivity contribution is 7.80. The molecule has 2 aliphatic rings. The molecule has 0 saturated carbocycles. The minimum atomic E-state index is -0.00655. The maximum absolute atomic E-state index is 12.6. The highest BCUT2D eigenvalue weighted by Gasteiger charge is 2.26. The molecule has 1 amide bonds. The molecule has 2 heterocycles. The third-order valence-electron chi connectivity index (χ3n) is 3.90. The first-order chi connectivity index (χ1) is 10.1. The van der Waals surface area contributed by atoms with Crippen molar-refractivity contribution in [2.24, 2.45) is 11.7 Å². The molecule has 1 atom stereocenters. The van der Waals surface area contributed by atoms with Crippen LogP contribution >= 0.6 is 12.2 Å². The number of rotatable bonds is 2. The molecular formula is C15H18N2O3S. The number of ether oxygens (including phenoxy) is 2. The van der Waals surface area contributed by atoms with E-state index in [9.17, 15) is 4.79 Å². The number of nitrogens with two attached hydrogens (primary N) is 1. The lowest BCUT2D eigenvalue weighted by atomic mass is 9.97. The molecule has 1 aromatic carbocycles. The Morgan fingerprint density at radius 3 is 2.81 bits per heavy atom. The molecule has 2 N–H and O–H groups in total. The molecule has 2 aliphatic heterocycles. The Morgan fingerprint density at radius 1 is 1.29 bits per heavy atom. The maximum Gasteiger partial charge on any atom is 0.254 e. The Morgan fingerprint density at radius 2 is 2.05 bits per heavy atom. The van der Waals surface area contributed by atoms with Gasteiger partial charge in [-0.1, -0.05) is 12.2 Å². The van der Waals surface area contributed by atoms with Gasteiger partial charge < -0.3 is 20.1 Å². The summed E-state index contributed by atoms with van der Waals surface area (Å²) in [6, 6.07) is 5.32. The Labute approximate surface area is 129 Å². The van der Waals surface area contributed by atoms with Gasteiger partial charge >= 0.3 is 0 Å². The van der Waals surface area contributed by atoms with Gasteiger partial charge in [-0.25, -0.2) is 0 Å². The normalized spacial score (nSPS) is 21.0. The first kappa shape index (κ1) is 14.1. The largest absolute Gasteiger partial charge is 0.486 e. The summed E-state index contributed by atoms with van der Waals surface area (Å²) >= 11 is 5.05. The maximum atomic E-state index is 12.6. The monoisotopic (exact) mass is 306 g/mol. The van der Waals surface area contributed by atoms with E-state index in [1.165, 1.54) is 0 Å². The predicted octanol–water partition coefficient (Wildman–Crippen LogP) is 1.60. The van der Waals surface area contributed by atoms with Crippen molar-refractivity contribution in [1.29, 1.82) is 0 Å². The van der Waals surface area contributed by atoms with Crippen LogP contribution < -0.4 is 15.2 Å². The van der Waals surface area contributed by atoms with Crippen molar-refractivity contribution in [2.75, 3.05) is 26.3 Å². The van der Waals surface area contributed by atoms with Crippen LogP contribution in [-0.2, 0) is 0 Å². The number of carbonyl (C=O) groups excluding carboxylic acids is 1. The molecule has 1 saturated heterocycles. The van der Waals surface area contributed by atoms with Crippen molar-refractivity contribution < 1.29 is 14.3 Å². The Kier molecular flexibility index (Phi) is 3.96. The molecule has 0 aliphatic carbocycles. The van der Waals surface area contributed by atoms with E-state index >= 15 is 0 Å². The van der Waals surface area contributed by atoms with Crippen LogP contribution in [0.5, 0.6) is 11.5 Å². The molecule has 0 bridgehead atoms. The smallest absolute Gasteiger partial charge is 0.254 e. The fourth-order valence-electron chi connectivity index (χ4n) is 2.75. The van der Waals surface area contributed by atoms with Gasteiger partial charge in [0.15, 0.2) is 11.5 Å². The van der Waals surface area contributed by atoms with Gasteiger partial charge in [0.1, 0.15) is 13.2 Å². The molecule has 21 heavy (non-hydrogen) atoms. The highest BCUT2D eigenvalue weighted by atomic mass is 32.1. The van der Waals surface area contributed by atoms with Crippen LogP contribution in [0.3, 0.4) is 0 Å². The van der Waals surface area contributed by atoms with Crippen LogP contribution in [0.1, 0.15) is 23.2 Å². The van der Waals surface area contributed by atoms with Gasteiger partial charge in [-0.05, 0) is 31.0 Å². The topological polar surface area (TPSA) is 64.8 Å². The number of amides is 1. The second-order valence-corrected chi connectivity index (χ2v) is 5.82. The van der Waals surface area contributed by atoms with E-state index in [1.807, 2.05) is 4.90 Å². The Bertz CT molecular complexity index is 576. The lowest BCUT2D eigenvalue weighted by molar-refractivity contribution is 0.0702. The third kappa shape index (κ3) is 2.95. The number of benzene rings is 1. The molecular weight excluding hydrogens is 288 g/mol. The third-order valence-corrected chi connectivity index (χ3v) is 4.23. The zero-order chi connectivity index (χ0) is 14.8. The number of piperidine rings is 1. The first-order valence-electron chi connectivity index (χ1n) is 7.13. The first-order valence-corrected chi connectivity index (χ1v) is 7.54. The molecule has 0 aromatic heterocycles. The average molecular weight is 306 g/mol. The lowest BCUT2D eigenvalue weighted by Gasteiger charge is -2.32. The molecule has 3 rings (SSSR count). The summed E-state index contributed by atoms with van der Waals surface area (Å²) in [6.45, 7) is 2.40. The van der Waals surface area contributed by atoms with E-state index in [-0.39, 0.29) is 11.8 Å². The van der Waals surface area contributed by atoms with Crippen molar-refractivity contribution in [3.05, 3.63) is 23.8 Å². The average Bonchev–Trinajstić information content (AvgIpc) is 2.53. The number of carbonyl (C=O) groups is 1. The second-order valence-electron chi connectivity index (χ2n) is 5.35. The van der Waals surface area contributed by atoms with Gasteiger partial charge in [-0.2, -0.15) is 0 Å². The van der Waals surface area contributed by atoms with E-state index in [4.69, 9.17) is 27.4 Å². The predicted molar refractivity (Wildman–Crippen MR) is 82.8 cm³/mol. The minimum absolute atomic E-state index is 0.00655. The van der Waals surface area contributed by atoms with E-state index < -0.39 is 0 Å². The van der Waals surface area contributed by atoms with E-state index in [2.05, 4.69) is 0 Å². The van der Waals surface area contributed by atoms with E-state index in [0.717, 1.165) is 19.4 Å². The zero-order valence-electron chi connectivity index (χ0n) is 11.7. The number of nitrogens with zero attached hydrogens (tertiary/aromatic N) is 1. The molecule has 5 nitrogen and oxygen atoms in total. The van der Waals surface area contributed by atoms with Crippen LogP contribution in [0.2, 0.25) is 0 Å². The zero-order valence-corrected chi connectivity index (χ0v) is 12.5. The van der Waals surface area contributed by atoms with Gasteiger partial charge in [0, 0.05) is 24.6 Å². The highest BCUT2D eigenvalue weighted by Crippen LogP contribution is 2.31. The number of likely N-dealkylation sites (tertiary alicyclic amines) is 1. The second kappa shape index (κ2) is 5.89. The van der Waals surface area contributed by atoms with Crippen molar-refractivity contribution in [3.8, 4) is 11.5 Å². The van der Waals surface area contributed by atoms with Crippen molar-refractivity contribution in [1.82, 2.24) is 4.90 Å². The van der Waals surface area contributed by atoms with Crippen LogP contribution in [0.15, 0.2) is 18.2 Å². The van der Waals surface area contributed by atoms with Crippen LogP contribution in [0, 0.1) is 5.92 Å². The van der Waals surface area contributed by atoms with Crippen LogP contribution in [-0.4, -0.2) is 42.1 Å². The summed E-state index contributed by atoms with van der Waals surface area (Å²) in [5.41, 5.74) is 6.33. The fraction of sp³-hybridized carbons (Fsp3) is 0.467. The summed E-state index contributed by atoms with van der Waals surface area (Å²) in [7, 11) is 0. The molecule has 112 valence electrons. The van der Waals surface area contributed by atoms with Gasteiger partial charge in [0.05, 0.1) is 4.99 Å². The standard InChI is InChI=1S/C15H18N2O3S/c16-14(21)11-2-1-5-17(9-11)15(18)10-3-4-12-13(8-10)20-7-6-19-12/h3-4,8,11H,1-2,5-7,9H2,(H2,16,21). The number of hydrogen-bond acceptors (Lipinski definition) is 4. The molecule has 1 fully saturated rings. The summed E-state index contributed by atoms with van der Waals surface area (Å²) in [5, 5.41) is 0. The van der Waals surface area contributed by atoms with E-state index in [0.29, 0.717) is 41.8 Å². The Hall–Kier alpha value is -1.82. The summed E-state index contributed by atoms with van der Waals surface area (Å²) in [5.74, 6) is 1.44. The Balaban J connectivity index is 1.77. The van der Waals surface area contributed by atoms with E-state index in [1.54, 1.807) is 18.2 Å². The van der Waals surface area contributed by atoms with Crippen LogP contribution in [0.25, 0.3) is 0 Å². The molecule has 1 unspecified atom stereocenters. The van der Waals surface area contributed by atoms with Crippen molar-refractivity contribution >= 4 is 23.1 Å². The molecule has 6 heteroatoms. The quantitative estimate of drug-likeness (QED) is 0.841. The van der Waals surface area contributed by atoms with Crippen molar-refractivity contribution in [3.63, 3.8) is 0 Å². The van der Waals surface area contributed by atoms with Gasteiger partial charge in [0.25, 0.3) is 5.91 Å². The summed E-state index contributed by atoms with van der Waals surface area (Å²) < 4.78 is 11.0. The number of thiocarbonyl (C=S) groups is 1.